The zero-order chi connectivity index (χ0) is 10.1. The van der Waals surface area contributed by atoms with Crippen LogP contribution in [0.15, 0.2) is 17.2 Å². The van der Waals surface area contributed by atoms with Gasteiger partial charge in [-0.05, 0) is 6.07 Å². The minimum absolute atomic E-state index is 0.0250. The quantitative estimate of drug-likeness (QED) is 0.714. The molecule has 1 rings (SSSR count). The Hall–Kier alpha value is -0.880. The minimum Gasteiger partial charge on any atom is -0.480 e. The highest BCUT2D eigenvalue weighted by Crippen LogP contribution is 2.25. The second-order valence-electron chi connectivity index (χ2n) is 2.10. The number of nitrogens with zero attached hydrogens (tertiary/aromatic N) is 1. The van der Waals surface area contributed by atoms with Gasteiger partial charge in [0.25, 0.3) is 0 Å². The predicted molar refractivity (Wildman–Crippen MR) is 44.1 cm³/mol. The molecule has 0 aliphatic heterocycles. The molecule has 13 heavy (non-hydrogen) atoms. The Bertz CT molecular complexity index is 420. The van der Waals surface area contributed by atoms with E-state index in [4.69, 9.17) is 11.6 Å². The number of halogens is 2. The number of ether oxygens (including phenoxy) is 1. The highest BCUT2D eigenvalue weighted by molar-refractivity contribution is 7.86. The maximum Gasteiger partial charge on any atom is 0.337 e. The van der Waals surface area contributed by atoms with Gasteiger partial charge in [-0.3, -0.25) is 0 Å². The fraction of sp³-hybridized carbons (Fsp3) is 0.167. The van der Waals surface area contributed by atoms with Gasteiger partial charge in [0.1, 0.15) is 0 Å². The maximum atomic E-state index is 12.5. The van der Waals surface area contributed by atoms with E-state index in [2.05, 4.69) is 9.72 Å². The molecule has 0 saturated carbocycles. The third kappa shape index (κ3) is 2.28. The van der Waals surface area contributed by atoms with E-state index in [1.54, 1.807) is 0 Å². The summed E-state index contributed by atoms with van der Waals surface area (Å²) >= 11 is 5.43. The molecule has 1 aromatic rings. The van der Waals surface area contributed by atoms with Crippen LogP contribution in [0.4, 0.5) is 3.89 Å². The van der Waals surface area contributed by atoms with E-state index in [1.807, 2.05) is 0 Å². The van der Waals surface area contributed by atoms with Gasteiger partial charge >= 0.3 is 10.2 Å². The molecule has 4 nitrogen and oxygen atoms in total. The second kappa shape index (κ2) is 3.47. The lowest BCUT2D eigenvalue weighted by atomic mass is 10.5. The van der Waals surface area contributed by atoms with Crippen molar-refractivity contribution in [2.45, 2.75) is 4.90 Å². The molecule has 0 bridgehead atoms. The minimum atomic E-state index is -4.84. The van der Waals surface area contributed by atoms with Crippen molar-refractivity contribution < 1.29 is 17.0 Å². The lowest BCUT2D eigenvalue weighted by Gasteiger charge is -2.02. The summed E-state index contributed by atoms with van der Waals surface area (Å²) in [6, 6.07) is 0.933. The number of hydrogen-bond donors (Lipinski definition) is 0. The van der Waals surface area contributed by atoms with Gasteiger partial charge in [-0.2, -0.15) is 8.42 Å². The molecule has 0 aliphatic carbocycles. The normalized spacial score (nSPS) is 11.3. The summed E-state index contributed by atoms with van der Waals surface area (Å²) in [6.45, 7) is 0. The van der Waals surface area contributed by atoms with Crippen LogP contribution in [0, 0.1) is 0 Å². The van der Waals surface area contributed by atoms with E-state index >= 15 is 0 Å². The average Bonchev–Trinajstić information content (AvgIpc) is 2.03. The van der Waals surface area contributed by atoms with E-state index in [0.29, 0.717) is 0 Å². The summed E-state index contributed by atoms with van der Waals surface area (Å²) in [5.41, 5.74) is 0. The maximum absolute atomic E-state index is 12.5. The molecule has 1 heterocycles. The van der Waals surface area contributed by atoms with Crippen molar-refractivity contribution in [2.75, 3.05) is 7.11 Å². The molecule has 0 aromatic carbocycles. The van der Waals surface area contributed by atoms with E-state index in [9.17, 15) is 12.3 Å². The molecule has 0 radical (unpaired) electrons. The van der Waals surface area contributed by atoms with Gasteiger partial charge in [0, 0.05) is 6.20 Å². The fourth-order valence-electron chi connectivity index (χ4n) is 0.736. The molecule has 0 amide bonds. The van der Waals surface area contributed by atoms with Gasteiger partial charge in [0.15, 0.2) is 4.90 Å². The molecule has 0 fully saturated rings. The van der Waals surface area contributed by atoms with Crippen molar-refractivity contribution in [3.05, 3.63) is 17.3 Å². The van der Waals surface area contributed by atoms with Crippen LogP contribution in [-0.4, -0.2) is 20.5 Å². The van der Waals surface area contributed by atoms with Crippen LogP contribution in [0.25, 0.3) is 0 Å². The van der Waals surface area contributed by atoms with Gasteiger partial charge in [-0.15, -0.1) is 3.89 Å². The van der Waals surface area contributed by atoms with Crippen LogP contribution in [0.2, 0.25) is 5.02 Å². The third-order valence-electron chi connectivity index (χ3n) is 1.24. The molecule has 0 aliphatic rings. The van der Waals surface area contributed by atoms with Gasteiger partial charge < -0.3 is 4.74 Å². The van der Waals surface area contributed by atoms with E-state index in [1.165, 1.54) is 7.11 Å². The number of methoxy groups -OCH3 is 1. The standard InChI is InChI=1S/C6H5ClFNO3S/c1-12-6-5(13(8,10)11)2-4(7)3-9-6/h2-3H,1H3. The zero-order valence-corrected chi connectivity index (χ0v) is 8.06. The molecule has 0 spiro atoms. The van der Waals surface area contributed by atoms with Gasteiger partial charge in [0.2, 0.25) is 5.88 Å². The lowest BCUT2D eigenvalue weighted by Crippen LogP contribution is -1.98. The molecule has 0 saturated heterocycles. The summed E-state index contributed by atoms with van der Waals surface area (Å²) in [4.78, 5) is 2.83. The Kier molecular flexibility index (Phi) is 2.72. The molecule has 0 unspecified atom stereocenters. The number of aromatic nitrogens is 1. The van der Waals surface area contributed by atoms with E-state index in [-0.39, 0.29) is 10.9 Å². The first kappa shape index (κ1) is 10.2. The molecule has 72 valence electrons. The molecule has 0 atom stereocenters. The first-order valence-corrected chi connectivity index (χ1v) is 4.85. The highest BCUT2D eigenvalue weighted by atomic mass is 35.5. The molecule has 1 aromatic heterocycles. The van der Waals surface area contributed by atoms with Crippen molar-refractivity contribution in [1.82, 2.24) is 4.98 Å². The monoisotopic (exact) mass is 225 g/mol. The molecule has 0 N–H and O–H groups in total. The molecule has 7 heteroatoms. The van der Waals surface area contributed by atoms with Crippen LogP contribution in [0.5, 0.6) is 5.88 Å². The van der Waals surface area contributed by atoms with Crippen LogP contribution in [-0.2, 0) is 10.2 Å². The second-order valence-corrected chi connectivity index (χ2v) is 3.85. The SMILES string of the molecule is COc1ncc(Cl)cc1S(=O)(=O)F. The Morgan fingerprint density at radius 3 is 2.69 bits per heavy atom. The summed E-state index contributed by atoms with van der Waals surface area (Å²) in [7, 11) is -3.65. The lowest BCUT2D eigenvalue weighted by molar-refractivity contribution is 0.383. The Labute approximate surface area is 79.5 Å². The number of rotatable bonds is 2. The predicted octanol–water partition coefficient (Wildman–Crippen LogP) is 1.40. The van der Waals surface area contributed by atoms with Crippen molar-refractivity contribution >= 4 is 21.8 Å². The van der Waals surface area contributed by atoms with Crippen molar-refractivity contribution in [1.29, 1.82) is 0 Å². The Balaban J connectivity index is 3.41. The van der Waals surface area contributed by atoms with E-state index in [0.717, 1.165) is 12.3 Å². The first-order chi connectivity index (χ1) is 5.95. The molecular weight excluding hydrogens is 221 g/mol. The Morgan fingerprint density at radius 1 is 1.62 bits per heavy atom. The topological polar surface area (TPSA) is 56.3 Å². The van der Waals surface area contributed by atoms with Crippen molar-refractivity contribution in [2.24, 2.45) is 0 Å². The van der Waals surface area contributed by atoms with Crippen LogP contribution >= 0.6 is 11.6 Å². The molecular formula is C6H5ClFNO3S. The third-order valence-corrected chi connectivity index (χ3v) is 2.27. The van der Waals surface area contributed by atoms with Crippen molar-refractivity contribution in [3.8, 4) is 5.88 Å². The van der Waals surface area contributed by atoms with Crippen LogP contribution in [0.3, 0.4) is 0 Å². The van der Waals surface area contributed by atoms with Gasteiger partial charge in [-0.25, -0.2) is 4.98 Å². The smallest absolute Gasteiger partial charge is 0.337 e. The van der Waals surface area contributed by atoms with Gasteiger partial charge in [0.05, 0.1) is 12.1 Å². The average molecular weight is 226 g/mol. The Morgan fingerprint density at radius 2 is 2.23 bits per heavy atom. The highest BCUT2D eigenvalue weighted by Gasteiger charge is 2.19. The largest absolute Gasteiger partial charge is 0.480 e. The fourth-order valence-corrected chi connectivity index (χ4v) is 1.57. The first-order valence-electron chi connectivity index (χ1n) is 3.09. The van der Waals surface area contributed by atoms with Crippen molar-refractivity contribution in [3.63, 3.8) is 0 Å². The number of hydrogen-bond acceptors (Lipinski definition) is 4. The van der Waals surface area contributed by atoms with Gasteiger partial charge in [-0.1, -0.05) is 11.6 Å². The van der Waals surface area contributed by atoms with Crippen LogP contribution < -0.4 is 4.74 Å². The number of pyridine rings is 1. The van der Waals surface area contributed by atoms with Crippen LogP contribution in [0.1, 0.15) is 0 Å². The summed E-state index contributed by atoms with van der Waals surface area (Å²) in [5.74, 6) is -0.313. The summed E-state index contributed by atoms with van der Waals surface area (Å²) < 4.78 is 38.1. The summed E-state index contributed by atoms with van der Waals surface area (Å²) in [5, 5.41) is 0.0250. The van der Waals surface area contributed by atoms with E-state index < -0.39 is 15.1 Å². The summed E-state index contributed by atoms with van der Waals surface area (Å²) in [6.07, 6.45) is 1.16. The zero-order valence-electron chi connectivity index (χ0n) is 6.49.